The summed E-state index contributed by atoms with van der Waals surface area (Å²) < 4.78 is 14.5. The van der Waals surface area contributed by atoms with Crippen LogP contribution in [-0.2, 0) is 11.3 Å². The Morgan fingerprint density at radius 2 is 1.96 bits per heavy atom. The maximum atomic E-state index is 13.4. The number of hydrogen-bond donors (Lipinski definition) is 2. The van der Waals surface area contributed by atoms with E-state index in [9.17, 15) is 18.8 Å². The van der Waals surface area contributed by atoms with Crippen molar-refractivity contribution < 1.29 is 14.0 Å². The van der Waals surface area contributed by atoms with Crippen LogP contribution in [0.15, 0.2) is 53.6 Å². The Bertz CT molecular complexity index is 1090. The molecule has 2 aromatic carbocycles. The van der Waals surface area contributed by atoms with Crippen molar-refractivity contribution in [3.8, 4) is 0 Å². The quantitative estimate of drug-likeness (QED) is 0.684. The van der Waals surface area contributed by atoms with Crippen LogP contribution in [0.3, 0.4) is 0 Å². The molecule has 8 heteroatoms. The number of halogens is 1. The first-order valence-electron chi connectivity index (χ1n) is 8.81. The molecule has 0 saturated carbocycles. The van der Waals surface area contributed by atoms with Gasteiger partial charge < -0.3 is 10.6 Å². The molecule has 0 unspecified atom stereocenters. The van der Waals surface area contributed by atoms with Gasteiger partial charge in [0.15, 0.2) is 0 Å². The molecule has 28 heavy (non-hydrogen) atoms. The van der Waals surface area contributed by atoms with Gasteiger partial charge in [0.1, 0.15) is 12.4 Å². The molecular formula is C20H19FN4O3. The Morgan fingerprint density at radius 1 is 1.18 bits per heavy atom. The van der Waals surface area contributed by atoms with Crippen molar-refractivity contribution in [1.82, 2.24) is 14.9 Å². The number of anilines is 1. The summed E-state index contributed by atoms with van der Waals surface area (Å²) in [6.45, 7) is 2.15. The first kappa shape index (κ1) is 19.2. The van der Waals surface area contributed by atoms with E-state index < -0.39 is 17.3 Å². The number of fused-ring (bicyclic) bond motifs is 1. The van der Waals surface area contributed by atoms with Crippen LogP contribution in [0.1, 0.15) is 23.7 Å². The highest BCUT2D eigenvalue weighted by molar-refractivity contribution is 6.03. The van der Waals surface area contributed by atoms with Crippen LogP contribution in [0, 0.1) is 5.82 Å². The van der Waals surface area contributed by atoms with E-state index in [0.29, 0.717) is 23.3 Å². The molecule has 0 atom stereocenters. The van der Waals surface area contributed by atoms with Gasteiger partial charge in [-0.2, -0.15) is 0 Å². The lowest BCUT2D eigenvalue weighted by Crippen LogP contribution is -2.29. The van der Waals surface area contributed by atoms with Crippen LogP contribution in [0.2, 0.25) is 0 Å². The Hall–Kier alpha value is -3.55. The highest BCUT2D eigenvalue weighted by atomic mass is 19.1. The normalized spacial score (nSPS) is 10.6. The summed E-state index contributed by atoms with van der Waals surface area (Å²) >= 11 is 0. The third kappa shape index (κ3) is 4.22. The molecule has 3 aromatic rings. The topological polar surface area (TPSA) is 93.1 Å². The minimum Gasteiger partial charge on any atom is -0.352 e. The molecule has 1 aromatic heterocycles. The molecule has 144 valence electrons. The fourth-order valence-electron chi connectivity index (χ4n) is 2.71. The number of hydrogen-bond acceptors (Lipinski definition) is 4. The predicted octanol–water partition coefficient (Wildman–Crippen LogP) is 2.31. The molecule has 1 heterocycles. The SMILES string of the molecule is CCCNC(=O)c1ccccc1NC(=O)Cn1cnc2ccc(F)cc2c1=O. The monoisotopic (exact) mass is 382 g/mol. The van der Waals surface area contributed by atoms with Crippen molar-refractivity contribution >= 4 is 28.4 Å². The van der Waals surface area contributed by atoms with Crippen molar-refractivity contribution in [2.75, 3.05) is 11.9 Å². The molecule has 2 N–H and O–H groups in total. The highest BCUT2D eigenvalue weighted by Gasteiger charge is 2.14. The second-order valence-corrected chi connectivity index (χ2v) is 6.19. The van der Waals surface area contributed by atoms with E-state index in [1.54, 1.807) is 24.3 Å². The van der Waals surface area contributed by atoms with Gasteiger partial charge in [0, 0.05) is 6.54 Å². The van der Waals surface area contributed by atoms with Crippen molar-refractivity contribution in [3.05, 3.63) is 70.5 Å². The number of nitrogens with one attached hydrogen (secondary N) is 2. The summed E-state index contributed by atoms with van der Waals surface area (Å²) in [6.07, 6.45) is 2.03. The Morgan fingerprint density at radius 3 is 2.75 bits per heavy atom. The molecule has 7 nitrogen and oxygen atoms in total. The van der Waals surface area contributed by atoms with Gasteiger partial charge in [-0.25, -0.2) is 9.37 Å². The minimum atomic E-state index is -0.555. The van der Waals surface area contributed by atoms with Crippen molar-refractivity contribution in [3.63, 3.8) is 0 Å². The summed E-state index contributed by atoms with van der Waals surface area (Å²) in [5.41, 5.74) is 0.499. The number of para-hydroxylation sites is 1. The van der Waals surface area contributed by atoms with Crippen molar-refractivity contribution in [2.45, 2.75) is 19.9 Å². The molecule has 0 bridgehead atoms. The highest BCUT2D eigenvalue weighted by Crippen LogP contribution is 2.15. The summed E-state index contributed by atoms with van der Waals surface area (Å²) in [5, 5.41) is 5.49. The number of aromatic nitrogens is 2. The van der Waals surface area contributed by atoms with Crippen molar-refractivity contribution in [1.29, 1.82) is 0 Å². The average molecular weight is 382 g/mol. The molecule has 0 spiro atoms. The summed E-state index contributed by atoms with van der Waals surface area (Å²) in [7, 11) is 0. The van der Waals surface area contributed by atoms with Gasteiger partial charge in [-0.1, -0.05) is 19.1 Å². The van der Waals surface area contributed by atoms with Crippen LogP contribution in [0.4, 0.5) is 10.1 Å². The van der Waals surface area contributed by atoms with Crippen LogP contribution in [-0.4, -0.2) is 27.9 Å². The summed E-state index contributed by atoms with van der Waals surface area (Å²) in [5.74, 6) is -1.35. The lowest BCUT2D eigenvalue weighted by atomic mass is 10.1. The molecule has 0 aliphatic carbocycles. The van der Waals surface area contributed by atoms with E-state index in [0.717, 1.165) is 17.1 Å². The van der Waals surface area contributed by atoms with Crippen LogP contribution >= 0.6 is 0 Å². The standard InChI is InChI=1S/C20H19FN4O3/c1-2-9-22-19(27)14-5-3-4-6-17(14)24-18(26)11-25-12-23-16-8-7-13(21)10-15(16)20(25)28/h3-8,10,12H,2,9,11H2,1H3,(H,22,27)(H,24,26). The van der Waals surface area contributed by atoms with E-state index >= 15 is 0 Å². The van der Waals surface area contributed by atoms with Gasteiger partial charge in [-0.3, -0.25) is 19.0 Å². The largest absolute Gasteiger partial charge is 0.352 e. The van der Waals surface area contributed by atoms with E-state index in [1.807, 2.05) is 6.92 Å². The van der Waals surface area contributed by atoms with Gasteiger partial charge in [0.25, 0.3) is 11.5 Å². The second-order valence-electron chi connectivity index (χ2n) is 6.19. The third-order valence-electron chi connectivity index (χ3n) is 4.08. The molecule has 0 saturated heterocycles. The Kier molecular flexibility index (Phi) is 5.78. The zero-order valence-electron chi connectivity index (χ0n) is 15.2. The molecule has 3 rings (SSSR count). The maximum Gasteiger partial charge on any atom is 0.261 e. The van der Waals surface area contributed by atoms with Crippen LogP contribution < -0.4 is 16.2 Å². The van der Waals surface area contributed by atoms with Gasteiger partial charge in [0.2, 0.25) is 5.91 Å². The Labute approximate surface area is 160 Å². The second kappa shape index (κ2) is 8.43. The van der Waals surface area contributed by atoms with E-state index in [2.05, 4.69) is 15.6 Å². The molecule has 0 radical (unpaired) electrons. The number of nitrogens with zero attached hydrogens (tertiary/aromatic N) is 2. The van der Waals surface area contributed by atoms with Crippen molar-refractivity contribution in [2.24, 2.45) is 0 Å². The summed E-state index contributed by atoms with van der Waals surface area (Å²) in [4.78, 5) is 41.2. The predicted molar refractivity (Wildman–Crippen MR) is 104 cm³/mol. The summed E-state index contributed by atoms with van der Waals surface area (Å²) in [6, 6.07) is 10.3. The number of rotatable bonds is 6. The van der Waals surface area contributed by atoms with Crippen LogP contribution in [0.5, 0.6) is 0 Å². The van der Waals surface area contributed by atoms with Crippen LogP contribution in [0.25, 0.3) is 10.9 Å². The third-order valence-corrected chi connectivity index (χ3v) is 4.08. The molecule has 2 amide bonds. The molecule has 0 aliphatic rings. The van der Waals surface area contributed by atoms with E-state index in [-0.39, 0.29) is 17.8 Å². The fraction of sp³-hybridized carbons (Fsp3) is 0.200. The average Bonchev–Trinajstić information content (AvgIpc) is 2.69. The zero-order valence-corrected chi connectivity index (χ0v) is 15.2. The van der Waals surface area contributed by atoms with Gasteiger partial charge in [0.05, 0.1) is 28.5 Å². The lowest BCUT2D eigenvalue weighted by molar-refractivity contribution is -0.116. The Balaban J connectivity index is 1.80. The van der Waals surface area contributed by atoms with E-state index in [1.165, 1.54) is 18.5 Å². The smallest absolute Gasteiger partial charge is 0.261 e. The first-order valence-corrected chi connectivity index (χ1v) is 8.81. The zero-order chi connectivity index (χ0) is 20.1. The minimum absolute atomic E-state index is 0.0923. The number of benzene rings is 2. The maximum absolute atomic E-state index is 13.4. The van der Waals surface area contributed by atoms with E-state index in [4.69, 9.17) is 0 Å². The molecule has 0 aliphatic heterocycles. The number of carbonyl (C=O) groups excluding carboxylic acids is 2. The fourth-order valence-corrected chi connectivity index (χ4v) is 2.71. The van der Waals surface area contributed by atoms with Gasteiger partial charge in [-0.05, 0) is 36.8 Å². The molecular weight excluding hydrogens is 363 g/mol. The number of carbonyl (C=O) groups is 2. The lowest BCUT2D eigenvalue weighted by Gasteiger charge is -2.12. The van der Waals surface area contributed by atoms with Gasteiger partial charge >= 0.3 is 0 Å². The first-order chi connectivity index (χ1) is 13.5. The molecule has 0 fully saturated rings. The number of amides is 2. The van der Waals surface area contributed by atoms with Gasteiger partial charge in [-0.15, -0.1) is 0 Å².